The lowest BCUT2D eigenvalue weighted by atomic mass is 10.1. The second-order valence-electron chi connectivity index (χ2n) is 6.64. The Bertz CT molecular complexity index is 754. The number of carbonyl (C=O) groups excluding carboxylic acids is 1. The summed E-state index contributed by atoms with van der Waals surface area (Å²) >= 11 is 3.42. The van der Waals surface area contributed by atoms with Crippen LogP contribution in [0.15, 0.2) is 46.9 Å². The number of hydrogen-bond donors (Lipinski definition) is 0. The van der Waals surface area contributed by atoms with E-state index in [4.69, 9.17) is 9.47 Å². The highest BCUT2D eigenvalue weighted by molar-refractivity contribution is 9.10. The lowest BCUT2D eigenvalue weighted by Gasteiger charge is -2.24. The SMILES string of the molecule is COc1cc(C(=O)N(C)C2CCCC2)ccc1OCc1ccc(Br)cc1. The molecule has 1 fully saturated rings. The number of ether oxygens (including phenoxy) is 2. The van der Waals surface area contributed by atoms with E-state index in [-0.39, 0.29) is 5.91 Å². The Morgan fingerprint density at radius 3 is 2.46 bits per heavy atom. The molecule has 5 heteroatoms. The van der Waals surface area contributed by atoms with Crippen molar-refractivity contribution in [1.82, 2.24) is 4.90 Å². The van der Waals surface area contributed by atoms with Crippen molar-refractivity contribution in [3.8, 4) is 11.5 Å². The van der Waals surface area contributed by atoms with Crippen molar-refractivity contribution in [3.05, 3.63) is 58.1 Å². The summed E-state index contributed by atoms with van der Waals surface area (Å²) in [6, 6.07) is 13.7. The predicted molar refractivity (Wildman–Crippen MR) is 106 cm³/mol. The summed E-state index contributed by atoms with van der Waals surface area (Å²) in [5.74, 6) is 1.25. The molecule has 0 heterocycles. The number of nitrogens with zero attached hydrogens (tertiary/aromatic N) is 1. The molecule has 0 N–H and O–H groups in total. The lowest BCUT2D eigenvalue weighted by molar-refractivity contribution is 0.0734. The maximum atomic E-state index is 12.7. The predicted octanol–water partition coefficient (Wildman–Crippen LogP) is 5.05. The van der Waals surface area contributed by atoms with Crippen LogP contribution in [0.4, 0.5) is 0 Å². The van der Waals surface area contributed by atoms with Crippen LogP contribution in [0.1, 0.15) is 41.6 Å². The van der Waals surface area contributed by atoms with Crippen LogP contribution in [0.25, 0.3) is 0 Å². The minimum atomic E-state index is 0.0367. The standard InChI is InChI=1S/C21H24BrNO3/c1-23(18-5-3-4-6-18)21(24)16-9-12-19(20(13-16)25-2)26-14-15-7-10-17(22)11-8-15/h7-13,18H,3-6,14H2,1-2H3. The number of hydrogen-bond acceptors (Lipinski definition) is 3. The van der Waals surface area contributed by atoms with E-state index in [0.717, 1.165) is 22.9 Å². The van der Waals surface area contributed by atoms with Gasteiger partial charge in [0.05, 0.1) is 7.11 Å². The first kappa shape index (κ1) is 18.8. The molecule has 1 aliphatic carbocycles. The molecule has 2 aromatic rings. The summed E-state index contributed by atoms with van der Waals surface area (Å²) in [6.45, 7) is 0.443. The van der Waals surface area contributed by atoms with Crippen molar-refractivity contribution < 1.29 is 14.3 Å². The molecular formula is C21H24BrNO3. The van der Waals surface area contributed by atoms with Gasteiger partial charge in [-0.05, 0) is 48.7 Å². The molecule has 0 radical (unpaired) electrons. The molecule has 0 saturated heterocycles. The van der Waals surface area contributed by atoms with Gasteiger partial charge in [-0.1, -0.05) is 40.9 Å². The topological polar surface area (TPSA) is 38.8 Å². The minimum Gasteiger partial charge on any atom is -0.493 e. The van der Waals surface area contributed by atoms with Crippen LogP contribution in [-0.2, 0) is 6.61 Å². The fourth-order valence-electron chi connectivity index (χ4n) is 3.32. The lowest BCUT2D eigenvalue weighted by Crippen LogP contribution is -2.35. The highest BCUT2D eigenvalue weighted by atomic mass is 79.9. The normalized spacial score (nSPS) is 14.3. The van der Waals surface area contributed by atoms with Crippen molar-refractivity contribution in [1.29, 1.82) is 0 Å². The second kappa shape index (κ2) is 8.58. The quantitative estimate of drug-likeness (QED) is 0.659. The Labute approximate surface area is 163 Å². The van der Waals surface area contributed by atoms with Crippen molar-refractivity contribution in [2.24, 2.45) is 0 Å². The van der Waals surface area contributed by atoms with E-state index in [1.165, 1.54) is 12.8 Å². The van der Waals surface area contributed by atoms with Gasteiger partial charge < -0.3 is 14.4 Å². The largest absolute Gasteiger partial charge is 0.493 e. The van der Waals surface area contributed by atoms with Crippen LogP contribution >= 0.6 is 15.9 Å². The first-order chi connectivity index (χ1) is 12.6. The molecule has 1 saturated carbocycles. The van der Waals surface area contributed by atoms with Gasteiger partial charge in [-0.3, -0.25) is 4.79 Å². The molecule has 4 nitrogen and oxygen atoms in total. The van der Waals surface area contributed by atoms with Gasteiger partial charge in [-0.25, -0.2) is 0 Å². The molecule has 0 bridgehead atoms. The first-order valence-electron chi connectivity index (χ1n) is 8.91. The van der Waals surface area contributed by atoms with Gasteiger partial charge in [0, 0.05) is 23.1 Å². The van der Waals surface area contributed by atoms with Crippen molar-refractivity contribution in [3.63, 3.8) is 0 Å². The highest BCUT2D eigenvalue weighted by Gasteiger charge is 2.24. The summed E-state index contributed by atoms with van der Waals surface area (Å²) in [5.41, 5.74) is 1.70. The van der Waals surface area contributed by atoms with Crippen LogP contribution in [0, 0.1) is 0 Å². The van der Waals surface area contributed by atoms with E-state index >= 15 is 0 Å². The van der Waals surface area contributed by atoms with Crippen LogP contribution in [0.5, 0.6) is 11.5 Å². The Morgan fingerprint density at radius 2 is 1.81 bits per heavy atom. The number of amides is 1. The van der Waals surface area contributed by atoms with Gasteiger partial charge in [0.1, 0.15) is 6.61 Å². The maximum Gasteiger partial charge on any atom is 0.253 e. The fraction of sp³-hybridized carbons (Fsp3) is 0.381. The fourth-order valence-corrected chi connectivity index (χ4v) is 3.59. The molecule has 3 rings (SSSR count). The Balaban J connectivity index is 1.70. The number of methoxy groups -OCH3 is 1. The first-order valence-corrected chi connectivity index (χ1v) is 9.70. The van der Waals surface area contributed by atoms with E-state index in [0.29, 0.717) is 29.7 Å². The third-order valence-corrected chi connectivity index (χ3v) is 5.44. The monoisotopic (exact) mass is 417 g/mol. The van der Waals surface area contributed by atoms with Gasteiger partial charge in [0.15, 0.2) is 11.5 Å². The van der Waals surface area contributed by atoms with Crippen molar-refractivity contribution in [2.75, 3.05) is 14.2 Å². The van der Waals surface area contributed by atoms with Gasteiger partial charge in [-0.15, -0.1) is 0 Å². The third kappa shape index (κ3) is 4.39. The number of halogens is 1. The summed E-state index contributed by atoms with van der Waals surface area (Å²) < 4.78 is 12.4. The molecule has 2 aromatic carbocycles. The summed E-state index contributed by atoms with van der Waals surface area (Å²) in [4.78, 5) is 14.6. The summed E-state index contributed by atoms with van der Waals surface area (Å²) in [7, 11) is 3.49. The third-order valence-electron chi connectivity index (χ3n) is 4.91. The molecule has 0 aliphatic heterocycles. The van der Waals surface area contributed by atoms with E-state index < -0.39 is 0 Å². The van der Waals surface area contributed by atoms with Crippen molar-refractivity contribution >= 4 is 21.8 Å². The molecule has 0 aromatic heterocycles. The second-order valence-corrected chi connectivity index (χ2v) is 7.55. The zero-order chi connectivity index (χ0) is 18.5. The average Bonchev–Trinajstić information content (AvgIpc) is 3.21. The average molecular weight is 418 g/mol. The molecule has 1 aliphatic rings. The molecule has 138 valence electrons. The van der Waals surface area contributed by atoms with E-state index in [2.05, 4.69) is 15.9 Å². The van der Waals surface area contributed by atoms with Crippen LogP contribution in [0.2, 0.25) is 0 Å². The zero-order valence-corrected chi connectivity index (χ0v) is 16.8. The van der Waals surface area contributed by atoms with Crippen molar-refractivity contribution in [2.45, 2.75) is 38.3 Å². The van der Waals surface area contributed by atoms with E-state index in [1.54, 1.807) is 13.2 Å². The Morgan fingerprint density at radius 1 is 1.12 bits per heavy atom. The van der Waals surface area contributed by atoms with Crippen LogP contribution in [-0.4, -0.2) is 31.0 Å². The molecule has 1 amide bonds. The molecule has 0 unspecified atom stereocenters. The van der Waals surface area contributed by atoms with Gasteiger partial charge in [0.25, 0.3) is 5.91 Å². The van der Waals surface area contributed by atoms with Crippen LogP contribution < -0.4 is 9.47 Å². The zero-order valence-electron chi connectivity index (χ0n) is 15.2. The summed E-state index contributed by atoms with van der Waals surface area (Å²) in [5, 5.41) is 0. The smallest absolute Gasteiger partial charge is 0.253 e. The molecule has 0 atom stereocenters. The minimum absolute atomic E-state index is 0.0367. The van der Waals surface area contributed by atoms with E-state index in [1.807, 2.05) is 48.3 Å². The highest BCUT2D eigenvalue weighted by Crippen LogP contribution is 2.30. The van der Waals surface area contributed by atoms with Gasteiger partial charge in [0.2, 0.25) is 0 Å². The Hall–Kier alpha value is -2.01. The summed E-state index contributed by atoms with van der Waals surface area (Å²) in [6.07, 6.45) is 4.59. The van der Waals surface area contributed by atoms with E-state index in [9.17, 15) is 4.79 Å². The molecule has 26 heavy (non-hydrogen) atoms. The van der Waals surface area contributed by atoms with Crippen LogP contribution in [0.3, 0.4) is 0 Å². The molecule has 0 spiro atoms. The maximum absolute atomic E-state index is 12.7. The number of benzene rings is 2. The molecular weight excluding hydrogens is 394 g/mol. The number of rotatable bonds is 6. The Kier molecular flexibility index (Phi) is 6.20. The number of carbonyl (C=O) groups is 1. The van der Waals surface area contributed by atoms with Gasteiger partial charge in [-0.2, -0.15) is 0 Å². The van der Waals surface area contributed by atoms with Gasteiger partial charge >= 0.3 is 0 Å².